The fourth-order valence-electron chi connectivity index (χ4n) is 4.31. The Hall–Kier alpha value is -3.85. The van der Waals surface area contributed by atoms with Gasteiger partial charge in [-0.3, -0.25) is 13.9 Å². The number of carbonyl (C=O) groups excluding carboxylic acids is 2. The lowest BCUT2D eigenvalue weighted by atomic mass is 10.1. The summed E-state index contributed by atoms with van der Waals surface area (Å²) in [6.07, 6.45) is 0.364. The number of methoxy groups -OCH3 is 1. The third-order valence-electron chi connectivity index (χ3n) is 6.54. The number of sulfonamides is 1. The summed E-state index contributed by atoms with van der Waals surface area (Å²) in [5, 5.41) is 2.90. The highest BCUT2D eigenvalue weighted by Gasteiger charge is 2.33. The van der Waals surface area contributed by atoms with Crippen LogP contribution in [0, 0.1) is 13.8 Å². The van der Waals surface area contributed by atoms with Crippen molar-refractivity contribution in [3.8, 4) is 5.75 Å². The van der Waals surface area contributed by atoms with Crippen molar-refractivity contribution in [2.24, 2.45) is 0 Å². The van der Waals surface area contributed by atoms with E-state index < -0.39 is 28.5 Å². The van der Waals surface area contributed by atoms with E-state index in [1.54, 1.807) is 36.4 Å². The summed E-state index contributed by atoms with van der Waals surface area (Å²) < 4.78 is 34.2. The number of nitrogens with one attached hydrogen (secondary N) is 1. The Kier molecular flexibility index (Phi) is 10.3. The van der Waals surface area contributed by atoms with Gasteiger partial charge < -0.3 is 15.0 Å². The van der Waals surface area contributed by atoms with E-state index >= 15 is 0 Å². The van der Waals surface area contributed by atoms with Crippen molar-refractivity contribution in [3.05, 3.63) is 89.5 Å². The van der Waals surface area contributed by atoms with Gasteiger partial charge in [0.15, 0.2) is 0 Å². The van der Waals surface area contributed by atoms with Gasteiger partial charge in [-0.15, -0.1) is 0 Å². The first-order chi connectivity index (χ1) is 19.0. The van der Waals surface area contributed by atoms with Gasteiger partial charge in [0.1, 0.15) is 18.3 Å². The van der Waals surface area contributed by atoms with Crippen LogP contribution in [-0.2, 0) is 26.2 Å². The Morgan fingerprint density at radius 1 is 0.875 bits per heavy atom. The van der Waals surface area contributed by atoms with Gasteiger partial charge in [-0.1, -0.05) is 54.4 Å². The van der Waals surface area contributed by atoms with Gasteiger partial charge in [-0.05, 0) is 76.1 Å². The van der Waals surface area contributed by atoms with Gasteiger partial charge in [-0.2, -0.15) is 0 Å². The van der Waals surface area contributed by atoms with Gasteiger partial charge in [0.25, 0.3) is 10.0 Å². The highest BCUT2D eigenvalue weighted by molar-refractivity contribution is 7.92. The summed E-state index contributed by atoms with van der Waals surface area (Å²) in [6.45, 7) is 9.07. The number of aryl methyl sites for hydroxylation is 2. The fraction of sp³-hybridized carbons (Fsp3) is 0.355. The van der Waals surface area contributed by atoms with Crippen molar-refractivity contribution in [1.29, 1.82) is 0 Å². The van der Waals surface area contributed by atoms with Crippen molar-refractivity contribution < 1.29 is 22.7 Å². The molecular formula is C31H39N3O5S. The fourth-order valence-corrected chi connectivity index (χ4v) is 5.72. The van der Waals surface area contributed by atoms with E-state index in [-0.39, 0.29) is 23.4 Å². The average molecular weight is 566 g/mol. The minimum absolute atomic E-state index is 0.0661. The molecule has 0 fully saturated rings. The summed E-state index contributed by atoms with van der Waals surface area (Å²) in [5.41, 5.74) is 3.13. The minimum Gasteiger partial charge on any atom is -0.497 e. The molecule has 3 aromatic rings. The maximum atomic E-state index is 14.1. The minimum atomic E-state index is -4.12. The van der Waals surface area contributed by atoms with Crippen LogP contribution in [-0.4, -0.2) is 50.9 Å². The molecule has 9 heteroatoms. The van der Waals surface area contributed by atoms with Gasteiger partial charge in [-0.25, -0.2) is 8.42 Å². The van der Waals surface area contributed by atoms with E-state index in [4.69, 9.17) is 4.74 Å². The van der Waals surface area contributed by atoms with Gasteiger partial charge >= 0.3 is 0 Å². The average Bonchev–Trinajstić information content (AvgIpc) is 2.92. The number of ether oxygens (including phenoxy) is 1. The molecule has 8 nitrogen and oxygen atoms in total. The number of rotatable bonds is 12. The summed E-state index contributed by atoms with van der Waals surface area (Å²) in [5.74, 6) is -0.214. The Morgan fingerprint density at radius 2 is 1.43 bits per heavy atom. The van der Waals surface area contributed by atoms with Gasteiger partial charge in [0.05, 0.1) is 17.7 Å². The number of anilines is 1. The standard InChI is InChI=1S/C31H39N3O5S/c1-7-29(31(36)32-22(2)3)33(20-25-12-8-23(4)9-13-25)30(35)21-34(26-14-16-27(39-6)17-15-26)40(37,38)28-18-10-24(5)11-19-28/h8-19,22,29H,7,20-21H2,1-6H3,(H,32,36)/t29-/m0/s1. The molecular weight excluding hydrogens is 526 g/mol. The second kappa shape index (κ2) is 13.5. The van der Waals surface area contributed by atoms with Crippen LogP contribution in [0.3, 0.4) is 0 Å². The second-order valence-electron chi connectivity index (χ2n) is 10.1. The van der Waals surface area contributed by atoms with E-state index in [1.807, 2.05) is 58.9 Å². The summed E-state index contributed by atoms with van der Waals surface area (Å²) in [4.78, 5) is 28.8. The van der Waals surface area contributed by atoms with Crippen LogP contribution in [0.25, 0.3) is 0 Å². The lowest BCUT2D eigenvalue weighted by Gasteiger charge is -2.33. The molecule has 214 valence electrons. The first-order valence-corrected chi connectivity index (χ1v) is 14.8. The molecule has 0 heterocycles. The molecule has 0 saturated carbocycles. The SMILES string of the molecule is CC[C@@H](C(=O)NC(C)C)N(Cc1ccc(C)cc1)C(=O)CN(c1ccc(OC)cc1)S(=O)(=O)c1ccc(C)cc1. The molecule has 0 bridgehead atoms. The van der Waals surface area contributed by atoms with Crippen LogP contribution in [0.2, 0.25) is 0 Å². The van der Waals surface area contributed by atoms with Crippen molar-refractivity contribution in [3.63, 3.8) is 0 Å². The number of hydrogen-bond donors (Lipinski definition) is 1. The predicted octanol–water partition coefficient (Wildman–Crippen LogP) is 4.84. The third-order valence-corrected chi connectivity index (χ3v) is 8.33. The molecule has 0 aliphatic heterocycles. The molecule has 1 N–H and O–H groups in total. The zero-order chi connectivity index (χ0) is 29.4. The van der Waals surface area contributed by atoms with Crippen molar-refractivity contribution >= 4 is 27.5 Å². The van der Waals surface area contributed by atoms with E-state index in [9.17, 15) is 18.0 Å². The van der Waals surface area contributed by atoms with Crippen molar-refractivity contribution in [2.45, 2.75) is 64.6 Å². The normalized spacial score (nSPS) is 12.1. The van der Waals surface area contributed by atoms with Crippen LogP contribution < -0.4 is 14.4 Å². The van der Waals surface area contributed by atoms with Crippen LogP contribution in [0.15, 0.2) is 77.7 Å². The molecule has 0 unspecified atom stereocenters. The van der Waals surface area contributed by atoms with E-state index in [2.05, 4.69) is 5.32 Å². The maximum absolute atomic E-state index is 14.1. The third kappa shape index (κ3) is 7.63. The van der Waals surface area contributed by atoms with Crippen LogP contribution in [0.4, 0.5) is 5.69 Å². The molecule has 0 aromatic heterocycles. The zero-order valence-corrected chi connectivity index (χ0v) is 24.9. The predicted molar refractivity (Wildman–Crippen MR) is 158 cm³/mol. The van der Waals surface area contributed by atoms with Crippen LogP contribution >= 0.6 is 0 Å². The molecule has 0 radical (unpaired) electrons. The van der Waals surface area contributed by atoms with Gasteiger partial charge in [0, 0.05) is 12.6 Å². The topological polar surface area (TPSA) is 96.0 Å². The lowest BCUT2D eigenvalue weighted by molar-refractivity contribution is -0.140. The lowest BCUT2D eigenvalue weighted by Crippen LogP contribution is -2.53. The molecule has 3 rings (SSSR count). The molecule has 2 amide bonds. The quantitative estimate of drug-likeness (QED) is 0.339. The maximum Gasteiger partial charge on any atom is 0.264 e. The van der Waals surface area contributed by atoms with E-state index in [1.165, 1.54) is 24.1 Å². The van der Waals surface area contributed by atoms with E-state index in [0.717, 1.165) is 21.0 Å². The number of carbonyl (C=O) groups is 2. The highest BCUT2D eigenvalue weighted by atomic mass is 32.2. The number of amides is 2. The Labute approximate surface area is 238 Å². The molecule has 1 atom stereocenters. The number of benzene rings is 3. The van der Waals surface area contributed by atoms with Crippen LogP contribution in [0.5, 0.6) is 5.75 Å². The number of hydrogen-bond acceptors (Lipinski definition) is 5. The Bertz CT molecular complexity index is 1390. The molecule has 40 heavy (non-hydrogen) atoms. The largest absolute Gasteiger partial charge is 0.497 e. The second-order valence-corrected chi connectivity index (χ2v) is 12.0. The number of nitrogens with zero attached hydrogens (tertiary/aromatic N) is 2. The highest BCUT2D eigenvalue weighted by Crippen LogP contribution is 2.27. The van der Waals surface area contributed by atoms with Gasteiger partial charge in [0.2, 0.25) is 11.8 Å². The van der Waals surface area contributed by atoms with Crippen molar-refractivity contribution in [2.75, 3.05) is 18.0 Å². The Morgan fingerprint density at radius 3 is 1.93 bits per heavy atom. The summed E-state index contributed by atoms with van der Waals surface area (Å²) >= 11 is 0. The molecule has 0 saturated heterocycles. The molecule has 0 aliphatic rings. The first kappa shape index (κ1) is 30.7. The van der Waals surface area contributed by atoms with Crippen molar-refractivity contribution in [1.82, 2.24) is 10.2 Å². The summed E-state index contributed by atoms with van der Waals surface area (Å²) in [6, 6.07) is 19.8. The molecule has 0 aliphatic carbocycles. The molecule has 3 aromatic carbocycles. The molecule has 0 spiro atoms. The Balaban J connectivity index is 2.06. The zero-order valence-electron chi connectivity index (χ0n) is 24.0. The smallest absolute Gasteiger partial charge is 0.264 e. The van der Waals surface area contributed by atoms with E-state index in [0.29, 0.717) is 17.9 Å². The monoisotopic (exact) mass is 565 g/mol. The summed E-state index contributed by atoms with van der Waals surface area (Å²) in [7, 11) is -2.60. The first-order valence-electron chi connectivity index (χ1n) is 13.3. The van der Waals surface area contributed by atoms with Crippen LogP contribution in [0.1, 0.15) is 43.9 Å².